The van der Waals surface area contributed by atoms with E-state index in [1.165, 1.54) is 44.5 Å². The Morgan fingerprint density at radius 2 is 2.12 bits per heavy atom. The molecule has 1 N–H and O–H groups in total. The van der Waals surface area contributed by atoms with Gasteiger partial charge in [0.2, 0.25) is 0 Å². The van der Waals surface area contributed by atoms with Gasteiger partial charge >= 0.3 is 0 Å². The SMILES string of the molecule is CCNC(=NCCCn1nc(C)cc1C)N1CCC2(CCC2)C1.I. The Hall–Kier alpha value is -0.790. The minimum atomic E-state index is 0. The number of hydrogen-bond acceptors (Lipinski definition) is 2. The van der Waals surface area contributed by atoms with Crippen molar-refractivity contribution >= 4 is 29.9 Å². The zero-order valence-corrected chi connectivity index (χ0v) is 17.7. The van der Waals surface area contributed by atoms with Gasteiger partial charge in [-0.1, -0.05) is 6.42 Å². The summed E-state index contributed by atoms with van der Waals surface area (Å²) in [5.41, 5.74) is 2.96. The largest absolute Gasteiger partial charge is 0.357 e. The van der Waals surface area contributed by atoms with Gasteiger partial charge in [0.1, 0.15) is 0 Å². The summed E-state index contributed by atoms with van der Waals surface area (Å²) in [5, 5.41) is 8.00. The van der Waals surface area contributed by atoms with Crippen molar-refractivity contribution in [3.63, 3.8) is 0 Å². The Balaban J connectivity index is 0.00000208. The van der Waals surface area contributed by atoms with E-state index in [1.54, 1.807) is 0 Å². The average molecular weight is 445 g/mol. The smallest absolute Gasteiger partial charge is 0.193 e. The highest BCUT2D eigenvalue weighted by molar-refractivity contribution is 14.0. The molecule has 0 atom stereocenters. The van der Waals surface area contributed by atoms with Crippen molar-refractivity contribution in [2.24, 2.45) is 10.4 Å². The maximum Gasteiger partial charge on any atom is 0.193 e. The fourth-order valence-corrected chi connectivity index (χ4v) is 3.93. The lowest BCUT2D eigenvalue weighted by atomic mass is 9.68. The van der Waals surface area contributed by atoms with Crippen LogP contribution in [0.5, 0.6) is 0 Å². The molecule has 1 aromatic rings. The van der Waals surface area contributed by atoms with Gasteiger partial charge in [0.25, 0.3) is 0 Å². The molecule has 136 valence electrons. The third-order valence-electron chi connectivity index (χ3n) is 5.38. The van der Waals surface area contributed by atoms with Crippen LogP contribution >= 0.6 is 24.0 Å². The number of guanidine groups is 1. The molecule has 1 spiro atoms. The van der Waals surface area contributed by atoms with Crippen molar-refractivity contribution in [2.75, 3.05) is 26.2 Å². The molecule has 1 aliphatic heterocycles. The summed E-state index contributed by atoms with van der Waals surface area (Å²) in [7, 11) is 0. The minimum absolute atomic E-state index is 0. The summed E-state index contributed by atoms with van der Waals surface area (Å²) in [5.74, 6) is 1.12. The first-order chi connectivity index (χ1) is 11.1. The quantitative estimate of drug-likeness (QED) is 0.327. The number of likely N-dealkylation sites (tertiary alicyclic amines) is 1. The highest BCUT2D eigenvalue weighted by Crippen LogP contribution is 2.47. The number of aryl methyl sites for hydroxylation is 3. The van der Waals surface area contributed by atoms with Crippen LogP contribution < -0.4 is 5.32 Å². The molecule has 2 fully saturated rings. The topological polar surface area (TPSA) is 45.5 Å². The van der Waals surface area contributed by atoms with E-state index in [0.717, 1.165) is 37.7 Å². The van der Waals surface area contributed by atoms with Gasteiger partial charge in [0.15, 0.2) is 5.96 Å². The molecule has 6 heteroatoms. The fourth-order valence-electron chi connectivity index (χ4n) is 3.93. The van der Waals surface area contributed by atoms with Gasteiger partial charge in [0, 0.05) is 38.4 Å². The lowest BCUT2D eigenvalue weighted by Gasteiger charge is -2.38. The lowest BCUT2D eigenvalue weighted by molar-refractivity contribution is 0.151. The molecule has 0 unspecified atom stereocenters. The van der Waals surface area contributed by atoms with Gasteiger partial charge < -0.3 is 10.2 Å². The Morgan fingerprint density at radius 3 is 2.67 bits per heavy atom. The average Bonchev–Trinajstić information content (AvgIpc) is 3.06. The van der Waals surface area contributed by atoms with Crippen LogP contribution in [0.25, 0.3) is 0 Å². The summed E-state index contributed by atoms with van der Waals surface area (Å²) in [6.07, 6.45) is 6.64. The summed E-state index contributed by atoms with van der Waals surface area (Å²) in [6.45, 7) is 11.5. The molecular weight excluding hydrogens is 413 g/mol. The molecule has 1 aliphatic carbocycles. The van der Waals surface area contributed by atoms with Crippen molar-refractivity contribution < 1.29 is 0 Å². The number of aromatic nitrogens is 2. The summed E-state index contributed by atoms with van der Waals surface area (Å²) in [6, 6.07) is 2.13. The van der Waals surface area contributed by atoms with Crippen LogP contribution in [0.2, 0.25) is 0 Å². The third-order valence-corrected chi connectivity index (χ3v) is 5.38. The third kappa shape index (κ3) is 4.43. The number of halogens is 1. The monoisotopic (exact) mass is 445 g/mol. The van der Waals surface area contributed by atoms with Crippen LogP contribution in [-0.2, 0) is 6.54 Å². The van der Waals surface area contributed by atoms with Gasteiger partial charge in [0.05, 0.1) is 5.69 Å². The maximum absolute atomic E-state index is 4.86. The van der Waals surface area contributed by atoms with E-state index in [0.29, 0.717) is 5.41 Å². The van der Waals surface area contributed by atoms with E-state index in [2.05, 4.69) is 46.8 Å². The summed E-state index contributed by atoms with van der Waals surface area (Å²) >= 11 is 0. The summed E-state index contributed by atoms with van der Waals surface area (Å²) in [4.78, 5) is 7.34. The number of nitrogens with zero attached hydrogens (tertiary/aromatic N) is 4. The van der Waals surface area contributed by atoms with E-state index < -0.39 is 0 Å². The molecule has 5 nitrogen and oxygen atoms in total. The van der Waals surface area contributed by atoms with Crippen LogP contribution in [0.4, 0.5) is 0 Å². The zero-order valence-electron chi connectivity index (χ0n) is 15.3. The predicted octanol–water partition coefficient (Wildman–Crippen LogP) is 3.35. The number of nitrogens with one attached hydrogen (secondary N) is 1. The Kier molecular flexibility index (Phi) is 6.95. The first-order valence-corrected chi connectivity index (χ1v) is 9.16. The van der Waals surface area contributed by atoms with E-state index in [1.807, 2.05) is 0 Å². The highest BCUT2D eigenvalue weighted by atomic mass is 127. The van der Waals surface area contributed by atoms with Crippen molar-refractivity contribution in [3.8, 4) is 0 Å². The molecule has 24 heavy (non-hydrogen) atoms. The number of hydrogen-bond donors (Lipinski definition) is 1. The fraction of sp³-hybridized carbons (Fsp3) is 0.778. The van der Waals surface area contributed by atoms with Crippen molar-refractivity contribution in [2.45, 2.75) is 59.4 Å². The molecule has 1 saturated heterocycles. The Morgan fingerprint density at radius 1 is 1.33 bits per heavy atom. The van der Waals surface area contributed by atoms with Crippen LogP contribution in [0.3, 0.4) is 0 Å². The number of aliphatic imine (C=N–C) groups is 1. The maximum atomic E-state index is 4.86. The van der Waals surface area contributed by atoms with Crippen LogP contribution in [0.1, 0.15) is 50.4 Å². The first kappa shape index (κ1) is 19.5. The molecular formula is C18H32IN5. The predicted molar refractivity (Wildman–Crippen MR) is 110 cm³/mol. The van der Waals surface area contributed by atoms with Crippen LogP contribution in [0, 0.1) is 19.3 Å². The highest BCUT2D eigenvalue weighted by Gasteiger charge is 2.43. The van der Waals surface area contributed by atoms with Gasteiger partial charge in [-0.05, 0) is 57.9 Å². The number of rotatable bonds is 5. The molecule has 1 aromatic heterocycles. The Bertz CT molecular complexity index is 562. The second-order valence-electron chi connectivity index (χ2n) is 7.26. The molecule has 3 rings (SSSR count). The molecule has 0 amide bonds. The molecule has 0 radical (unpaired) electrons. The molecule has 2 aliphatic rings. The first-order valence-electron chi connectivity index (χ1n) is 9.16. The van der Waals surface area contributed by atoms with Crippen molar-refractivity contribution in [1.29, 1.82) is 0 Å². The summed E-state index contributed by atoms with van der Waals surface area (Å²) < 4.78 is 2.09. The van der Waals surface area contributed by atoms with Crippen molar-refractivity contribution in [1.82, 2.24) is 20.0 Å². The molecule has 0 aromatic carbocycles. The normalized spacial score (nSPS) is 19.3. The minimum Gasteiger partial charge on any atom is -0.357 e. The van der Waals surface area contributed by atoms with E-state index in [9.17, 15) is 0 Å². The van der Waals surface area contributed by atoms with E-state index in [4.69, 9.17) is 4.99 Å². The second kappa shape index (κ2) is 8.54. The van der Waals surface area contributed by atoms with E-state index in [-0.39, 0.29) is 24.0 Å². The Labute approximate surface area is 163 Å². The molecule has 2 heterocycles. The van der Waals surface area contributed by atoms with Gasteiger partial charge in [-0.25, -0.2) is 0 Å². The van der Waals surface area contributed by atoms with Gasteiger partial charge in [-0.3, -0.25) is 9.67 Å². The lowest BCUT2D eigenvalue weighted by Crippen LogP contribution is -2.42. The standard InChI is InChI=1S/C18H31N5.HI/c1-4-19-17(22-12-9-18(14-22)7-5-8-18)20-10-6-11-23-16(3)13-15(2)21-23;/h13H,4-12,14H2,1-3H3,(H,19,20);1H. The van der Waals surface area contributed by atoms with Crippen LogP contribution in [0.15, 0.2) is 11.1 Å². The van der Waals surface area contributed by atoms with Gasteiger partial charge in [-0.2, -0.15) is 5.10 Å². The second-order valence-corrected chi connectivity index (χ2v) is 7.26. The van der Waals surface area contributed by atoms with E-state index >= 15 is 0 Å². The zero-order chi connectivity index (χ0) is 16.3. The van der Waals surface area contributed by atoms with Gasteiger partial charge in [-0.15, -0.1) is 24.0 Å². The molecule has 0 bridgehead atoms. The van der Waals surface area contributed by atoms with Crippen LogP contribution in [-0.4, -0.2) is 46.8 Å². The van der Waals surface area contributed by atoms with Crippen molar-refractivity contribution in [3.05, 3.63) is 17.5 Å². The molecule has 1 saturated carbocycles.